The van der Waals surface area contributed by atoms with Gasteiger partial charge in [0.15, 0.2) is 5.69 Å². The third kappa shape index (κ3) is 5.37. The SMILES string of the molecule is CO/N=C(\CCC(=O)O)c1nc2ccccc2n(C2CC3CCC[C@H](C2)N3C2CC3CCCCC(C3)C2)c1=O. The maximum atomic E-state index is 14.1. The number of aliphatic carboxylic acids is 1. The van der Waals surface area contributed by atoms with Crippen molar-refractivity contribution in [2.24, 2.45) is 17.0 Å². The van der Waals surface area contributed by atoms with Gasteiger partial charge in [-0.05, 0) is 68.9 Å². The summed E-state index contributed by atoms with van der Waals surface area (Å²) in [6.07, 6.45) is 15.4. The topological polar surface area (TPSA) is 97.0 Å². The van der Waals surface area contributed by atoms with Crippen LogP contribution in [-0.2, 0) is 9.63 Å². The minimum Gasteiger partial charge on any atom is -0.481 e. The van der Waals surface area contributed by atoms with Crippen molar-refractivity contribution < 1.29 is 14.7 Å². The van der Waals surface area contributed by atoms with Gasteiger partial charge in [0.1, 0.15) is 12.8 Å². The van der Waals surface area contributed by atoms with Crippen LogP contribution in [0.2, 0.25) is 0 Å². The van der Waals surface area contributed by atoms with Crippen molar-refractivity contribution in [3.8, 4) is 0 Å². The largest absolute Gasteiger partial charge is 0.481 e. The molecule has 1 N–H and O–H groups in total. The van der Waals surface area contributed by atoms with Crippen molar-refractivity contribution in [3.05, 3.63) is 40.3 Å². The van der Waals surface area contributed by atoms with Crippen LogP contribution in [0.1, 0.15) is 102 Å². The first-order valence-corrected chi connectivity index (χ1v) is 15.1. The zero-order valence-corrected chi connectivity index (χ0v) is 23.1. The molecule has 6 rings (SSSR count). The lowest BCUT2D eigenvalue weighted by Gasteiger charge is -2.54. The molecule has 4 unspecified atom stereocenters. The number of para-hydroxylation sites is 2. The number of hydrogen-bond acceptors (Lipinski definition) is 6. The standard InChI is InChI=1S/C31H42N4O4/c1-39-33-27(13-14-29(36)37)30-31(38)35(28-12-5-4-11-26(28)32-30)25-18-22-9-6-10-23(19-25)34(22)24-16-20-7-2-3-8-21(15-20)17-24/h4-5,11-12,20-25H,2-3,6-10,13-19H2,1H3,(H,36,37)/b33-27+/t20?,21?,22-,23?,24?,25?/m1/s1. The van der Waals surface area contributed by atoms with Crippen molar-refractivity contribution in [2.75, 3.05) is 7.11 Å². The van der Waals surface area contributed by atoms with E-state index in [9.17, 15) is 14.7 Å². The summed E-state index contributed by atoms with van der Waals surface area (Å²) >= 11 is 0. The van der Waals surface area contributed by atoms with Gasteiger partial charge in [0.05, 0.1) is 17.5 Å². The van der Waals surface area contributed by atoms with E-state index >= 15 is 0 Å². The number of carbonyl (C=O) groups is 1. The van der Waals surface area contributed by atoms with E-state index in [1.807, 2.05) is 28.8 Å². The number of piperidine rings is 2. The summed E-state index contributed by atoms with van der Waals surface area (Å²) < 4.78 is 1.97. The highest BCUT2D eigenvalue weighted by atomic mass is 16.6. The van der Waals surface area contributed by atoms with Crippen LogP contribution in [-0.4, -0.2) is 56.5 Å². The molecule has 1 aromatic heterocycles. The van der Waals surface area contributed by atoms with Gasteiger partial charge in [-0.2, -0.15) is 0 Å². The maximum Gasteiger partial charge on any atom is 0.303 e. The second kappa shape index (κ2) is 11.4. The normalized spacial score (nSPS) is 31.6. The van der Waals surface area contributed by atoms with Crippen molar-refractivity contribution in [1.29, 1.82) is 0 Å². The summed E-state index contributed by atoms with van der Waals surface area (Å²) in [5, 5.41) is 13.3. The molecule has 3 heterocycles. The van der Waals surface area contributed by atoms with Gasteiger partial charge < -0.3 is 14.5 Å². The summed E-state index contributed by atoms with van der Waals surface area (Å²) in [6.45, 7) is 0. The Bertz CT molecular complexity index is 1260. The Hall–Kier alpha value is -2.74. The molecule has 4 bridgehead atoms. The Morgan fingerprint density at radius 1 is 0.923 bits per heavy atom. The van der Waals surface area contributed by atoms with E-state index in [-0.39, 0.29) is 30.1 Å². The second-order valence-corrected chi connectivity index (χ2v) is 12.4. The molecule has 0 spiro atoms. The Morgan fingerprint density at radius 2 is 1.62 bits per heavy atom. The van der Waals surface area contributed by atoms with Crippen LogP contribution < -0.4 is 5.56 Å². The fraction of sp³-hybridized carbons (Fsp3) is 0.677. The van der Waals surface area contributed by atoms with E-state index in [4.69, 9.17) is 4.84 Å². The minimum atomic E-state index is -0.942. The zero-order chi connectivity index (χ0) is 26.9. The Labute approximate surface area is 230 Å². The highest BCUT2D eigenvalue weighted by Crippen LogP contribution is 2.47. The molecule has 2 aromatic rings. The number of carboxylic acids is 1. The summed E-state index contributed by atoms with van der Waals surface area (Å²) in [6, 6.07) is 9.61. The molecule has 2 aliphatic carbocycles. The van der Waals surface area contributed by atoms with Gasteiger partial charge in [0.25, 0.3) is 5.56 Å². The average molecular weight is 535 g/mol. The smallest absolute Gasteiger partial charge is 0.303 e. The van der Waals surface area contributed by atoms with E-state index in [0.717, 1.165) is 35.7 Å². The van der Waals surface area contributed by atoms with E-state index in [0.29, 0.717) is 23.8 Å². The number of benzene rings is 1. The lowest BCUT2D eigenvalue weighted by molar-refractivity contribution is -0.136. The number of fused-ring (bicyclic) bond motifs is 5. The highest BCUT2D eigenvalue weighted by molar-refractivity contribution is 6.00. The second-order valence-electron chi connectivity index (χ2n) is 12.4. The highest BCUT2D eigenvalue weighted by Gasteiger charge is 2.45. The van der Waals surface area contributed by atoms with E-state index in [1.54, 1.807) is 0 Å². The van der Waals surface area contributed by atoms with Crippen molar-refractivity contribution >= 4 is 22.7 Å². The quantitative estimate of drug-likeness (QED) is 0.371. The lowest BCUT2D eigenvalue weighted by Crippen LogP contribution is -2.58. The number of hydrogen-bond donors (Lipinski definition) is 1. The van der Waals surface area contributed by atoms with Crippen LogP contribution in [0, 0.1) is 11.8 Å². The number of oxime groups is 1. The first-order chi connectivity index (χ1) is 19.0. The predicted molar refractivity (Wildman–Crippen MR) is 151 cm³/mol. The molecule has 2 aliphatic heterocycles. The minimum absolute atomic E-state index is 0.0878. The molecule has 39 heavy (non-hydrogen) atoms. The molecule has 4 fully saturated rings. The predicted octanol–water partition coefficient (Wildman–Crippen LogP) is 5.53. The summed E-state index contributed by atoms with van der Waals surface area (Å²) in [5.74, 6) is 0.851. The van der Waals surface area contributed by atoms with E-state index < -0.39 is 5.97 Å². The summed E-state index contributed by atoms with van der Waals surface area (Å²) in [4.78, 5) is 38.0. The molecular weight excluding hydrogens is 492 g/mol. The average Bonchev–Trinajstić information content (AvgIpc) is 3.09. The van der Waals surface area contributed by atoms with Gasteiger partial charge in [-0.15, -0.1) is 0 Å². The van der Waals surface area contributed by atoms with Crippen LogP contribution in [0.5, 0.6) is 0 Å². The molecular formula is C31H42N4O4. The molecule has 4 aliphatic rings. The molecule has 0 radical (unpaired) electrons. The molecule has 8 heteroatoms. The third-order valence-corrected chi connectivity index (χ3v) is 9.99. The first-order valence-electron chi connectivity index (χ1n) is 15.1. The Kier molecular flexibility index (Phi) is 7.74. The zero-order valence-electron chi connectivity index (χ0n) is 23.1. The van der Waals surface area contributed by atoms with Gasteiger partial charge in [-0.3, -0.25) is 14.5 Å². The summed E-state index contributed by atoms with van der Waals surface area (Å²) in [5.41, 5.74) is 1.90. The van der Waals surface area contributed by atoms with Gasteiger partial charge in [0, 0.05) is 30.6 Å². The fourth-order valence-electron chi connectivity index (χ4n) is 8.55. The monoisotopic (exact) mass is 534 g/mol. The van der Waals surface area contributed by atoms with Gasteiger partial charge >= 0.3 is 5.97 Å². The van der Waals surface area contributed by atoms with E-state index in [2.05, 4.69) is 15.0 Å². The lowest BCUT2D eigenvalue weighted by atomic mass is 9.73. The maximum absolute atomic E-state index is 14.1. The van der Waals surface area contributed by atoms with Gasteiger partial charge in [0.2, 0.25) is 0 Å². The first kappa shape index (κ1) is 26.5. The Morgan fingerprint density at radius 3 is 2.28 bits per heavy atom. The van der Waals surface area contributed by atoms with Gasteiger partial charge in [-0.25, -0.2) is 4.98 Å². The number of carboxylic acid groups (broad SMARTS) is 1. The fourth-order valence-corrected chi connectivity index (χ4v) is 8.55. The molecule has 5 atom stereocenters. The Balaban J connectivity index is 1.34. The molecule has 8 nitrogen and oxygen atoms in total. The molecule has 0 amide bonds. The molecule has 2 saturated heterocycles. The van der Waals surface area contributed by atoms with Crippen LogP contribution in [0.3, 0.4) is 0 Å². The third-order valence-electron chi connectivity index (χ3n) is 9.99. The van der Waals surface area contributed by atoms with Crippen LogP contribution in [0.4, 0.5) is 0 Å². The number of rotatable bonds is 7. The molecule has 210 valence electrons. The van der Waals surface area contributed by atoms with Crippen LogP contribution >= 0.6 is 0 Å². The van der Waals surface area contributed by atoms with Crippen molar-refractivity contribution in [3.63, 3.8) is 0 Å². The van der Waals surface area contributed by atoms with Crippen LogP contribution in [0.25, 0.3) is 11.0 Å². The molecule has 2 saturated carbocycles. The van der Waals surface area contributed by atoms with Crippen molar-refractivity contribution in [2.45, 2.75) is 114 Å². The van der Waals surface area contributed by atoms with Crippen molar-refractivity contribution in [1.82, 2.24) is 14.5 Å². The summed E-state index contributed by atoms with van der Waals surface area (Å²) in [7, 11) is 1.42. The van der Waals surface area contributed by atoms with Crippen LogP contribution in [0.15, 0.2) is 34.2 Å². The van der Waals surface area contributed by atoms with Gasteiger partial charge in [-0.1, -0.05) is 49.4 Å². The number of nitrogens with zero attached hydrogens (tertiary/aromatic N) is 4. The van der Waals surface area contributed by atoms with E-state index in [1.165, 1.54) is 71.3 Å². The number of aromatic nitrogens is 2. The molecule has 1 aromatic carbocycles.